The third-order valence-electron chi connectivity index (χ3n) is 12.3. The van der Waals surface area contributed by atoms with Gasteiger partial charge in [-0.2, -0.15) is 0 Å². The number of thiophene rings is 1. The first-order valence-corrected chi connectivity index (χ1v) is 21.2. The predicted octanol–water partition coefficient (Wildman–Crippen LogP) is 16.5. The van der Waals surface area contributed by atoms with Crippen molar-refractivity contribution in [2.75, 3.05) is 4.90 Å². The fraction of sp³-hybridized carbons (Fsp3) is 0.0526. The normalized spacial score (nSPS) is 12.7. The van der Waals surface area contributed by atoms with E-state index in [1.807, 2.05) is 11.3 Å². The Morgan fingerprint density at radius 3 is 1.54 bits per heavy atom. The molecule has 1 aliphatic carbocycles. The Morgan fingerprint density at radius 1 is 0.322 bits per heavy atom. The highest BCUT2D eigenvalue weighted by molar-refractivity contribution is 7.25. The summed E-state index contributed by atoms with van der Waals surface area (Å²) in [6.45, 7) is 4.73. The van der Waals surface area contributed by atoms with Crippen LogP contribution in [0, 0.1) is 0 Å². The van der Waals surface area contributed by atoms with E-state index in [0.29, 0.717) is 0 Å². The molecule has 0 N–H and O–H groups in total. The van der Waals surface area contributed by atoms with E-state index in [0.717, 1.165) is 17.1 Å². The lowest BCUT2D eigenvalue weighted by molar-refractivity contribution is 0.660. The second kappa shape index (κ2) is 14.1. The van der Waals surface area contributed by atoms with Crippen molar-refractivity contribution < 1.29 is 0 Å². The minimum Gasteiger partial charge on any atom is -0.310 e. The number of hydrogen-bond acceptors (Lipinski definition) is 2. The maximum Gasteiger partial charge on any atom is 0.0467 e. The van der Waals surface area contributed by atoms with Crippen molar-refractivity contribution in [2.24, 2.45) is 0 Å². The van der Waals surface area contributed by atoms with Gasteiger partial charge in [0, 0.05) is 42.6 Å². The Morgan fingerprint density at radius 2 is 0.831 bits per heavy atom. The van der Waals surface area contributed by atoms with Gasteiger partial charge in [-0.25, -0.2) is 0 Å². The predicted molar refractivity (Wildman–Crippen MR) is 253 cm³/mol. The molecule has 0 radical (unpaired) electrons. The standard InChI is InChI=1S/C57H41NS/c1-57(2)53-31-26-44(35-51(53)49-30-25-45(37-54(49)57)39-15-7-4-8-16-39)42-18-12-20-48(34-42)58(47-19-11-17-41(33-47)38-13-5-3-6-14-38)46-28-23-40(24-29-46)43-27-32-56-52(36-43)50-21-9-10-22-55(50)59-56/h3-37H,1-2H3. The summed E-state index contributed by atoms with van der Waals surface area (Å²) in [7, 11) is 0. The van der Waals surface area contributed by atoms with Gasteiger partial charge in [-0.15, -0.1) is 11.3 Å². The molecule has 0 aliphatic heterocycles. The van der Waals surface area contributed by atoms with Gasteiger partial charge < -0.3 is 4.90 Å². The van der Waals surface area contributed by atoms with Crippen LogP contribution in [-0.4, -0.2) is 0 Å². The first-order valence-electron chi connectivity index (χ1n) is 20.4. The van der Waals surface area contributed by atoms with Gasteiger partial charge in [0.1, 0.15) is 0 Å². The van der Waals surface area contributed by atoms with Crippen LogP contribution in [0.4, 0.5) is 17.1 Å². The molecule has 59 heavy (non-hydrogen) atoms. The molecule has 0 saturated carbocycles. The summed E-state index contributed by atoms with van der Waals surface area (Å²) in [4.78, 5) is 2.40. The maximum atomic E-state index is 2.41. The van der Waals surface area contributed by atoms with Crippen LogP contribution in [0.15, 0.2) is 212 Å². The first-order chi connectivity index (χ1) is 29.0. The molecule has 9 aromatic carbocycles. The summed E-state index contributed by atoms with van der Waals surface area (Å²) in [5, 5.41) is 2.64. The molecule has 0 fully saturated rings. The minimum absolute atomic E-state index is 0.0915. The van der Waals surface area contributed by atoms with E-state index in [1.54, 1.807) is 0 Å². The molecule has 1 aromatic heterocycles. The van der Waals surface area contributed by atoms with Crippen LogP contribution < -0.4 is 4.90 Å². The van der Waals surface area contributed by atoms with Gasteiger partial charge in [0.2, 0.25) is 0 Å². The topological polar surface area (TPSA) is 3.24 Å². The first kappa shape index (κ1) is 35.2. The van der Waals surface area contributed by atoms with Crippen molar-refractivity contribution in [3.05, 3.63) is 223 Å². The largest absolute Gasteiger partial charge is 0.310 e. The van der Waals surface area contributed by atoms with Gasteiger partial charge >= 0.3 is 0 Å². The van der Waals surface area contributed by atoms with E-state index in [1.165, 1.54) is 86.9 Å². The molecule has 0 spiro atoms. The molecule has 1 heterocycles. The summed E-state index contributed by atoms with van der Waals surface area (Å²) in [5.41, 5.74) is 18.4. The van der Waals surface area contributed by atoms with E-state index in [9.17, 15) is 0 Å². The second-order valence-electron chi connectivity index (χ2n) is 16.2. The van der Waals surface area contributed by atoms with Crippen LogP contribution in [0.5, 0.6) is 0 Å². The van der Waals surface area contributed by atoms with Gasteiger partial charge in [0.15, 0.2) is 0 Å². The van der Waals surface area contributed by atoms with Crippen molar-refractivity contribution in [1.29, 1.82) is 0 Å². The average Bonchev–Trinajstić information content (AvgIpc) is 3.78. The molecule has 11 rings (SSSR count). The molecule has 10 aromatic rings. The molecular weight excluding hydrogens is 731 g/mol. The number of benzene rings is 9. The summed E-state index contributed by atoms with van der Waals surface area (Å²) < 4.78 is 2.65. The molecule has 0 atom stereocenters. The average molecular weight is 772 g/mol. The van der Waals surface area contributed by atoms with Crippen LogP contribution in [0.25, 0.3) is 75.8 Å². The van der Waals surface area contributed by atoms with E-state index in [-0.39, 0.29) is 5.41 Å². The zero-order chi connectivity index (χ0) is 39.5. The molecule has 1 nitrogen and oxygen atoms in total. The van der Waals surface area contributed by atoms with Crippen molar-refractivity contribution in [3.8, 4) is 55.6 Å². The van der Waals surface area contributed by atoms with Crippen molar-refractivity contribution in [1.82, 2.24) is 0 Å². The molecule has 280 valence electrons. The third-order valence-corrected chi connectivity index (χ3v) is 13.4. The van der Waals surface area contributed by atoms with E-state index in [2.05, 4.69) is 231 Å². The van der Waals surface area contributed by atoms with Crippen LogP contribution in [0.1, 0.15) is 25.0 Å². The van der Waals surface area contributed by atoms with E-state index in [4.69, 9.17) is 0 Å². The lowest BCUT2D eigenvalue weighted by Crippen LogP contribution is -2.15. The Balaban J connectivity index is 0.992. The van der Waals surface area contributed by atoms with Gasteiger partial charge in [-0.3, -0.25) is 0 Å². The zero-order valence-corrected chi connectivity index (χ0v) is 33.9. The van der Waals surface area contributed by atoms with Crippen LogP contribution in [0.3, 0.4) is 0 Å². The highest BCUT2D eigenvalue weighted by atomic mass is 32.1. The molecule has 0 bridgehead atoms. The SMILES string of the molecule is CC1(C)c2ccc(-c3cccc(N(c4ccc(-c5ccc6sc7ccccc7c6c5)cc4)c4cccc(-c5ccccc5)c4)c3)cc2-c2ccc(-c3ccccc3)cc21. The number of nitrogens with zero attached hydrogens (tertiary/aromatic N) is 1. The lowest BCUT2D eigenvalue weighted by Gasteiger charge is -2.27. The van der Waals surface area contributed by atoms with E-state index >= 15 is 0 Å². The van der Waals surface area contributed by atoms with Crippen molar-refractivity contribution >= 4 is 48.6 Å². The number of anilines is 3. The third kappa shape index (κ3) is 6.16. The molecule has 0 unspecified atom stereocenters. The number of hydrogen-bond donors (Lipinski definition) is 0. The summed E-state index contributed by atoms with van der Waals surface area (Å²) in [6.07, 6.45) is 0. The second-order valence-corrected chi connectivity index (χ2v) is 17.3. The minimum atomic E-state index is -0.0915. The summed E-state index contributed by atoms with van der Waals surface area (Å²) in [6, 6.07) is 78.1. The van der Waals surface area contributed by atoms with E-state index < -0.39 is 0 Å². The van der Waals surface area contributed by atoms with Gasteiger partial charge in [0.05, 0.1) is 0 Å². The smallest absolute Gasteiger partial charge is 0.0467 e. The van der Waals surface area contributed by atoms with Gasteiger partial charge in [-0.1, -0.05) is 159 Å². The van der Waals surface area contributed by atoms with Gasteiger partial charge in [0.25, 0.3) is 0 Å². The highest BCUT2D eigenvalue weighted by Gasteiger charge is 2.35. The molecule has 1 aliphatic rings. The fourth-order valence-corrected chi connectivity index (χ4v) is 10.3. The molecule has 2 heteroatoms. The van der Waals surface area contributed by atoms with Crippen molar-refractivity contribution in [3.63, 3.8) is 0 Å². The summed E-state index contributed by atoms with van der Waals surface area (Å²) >= 11 is 1.86. The Labute approximate surface area is 350 Å². The Kier molecular flexibility index (Phi) is 8.43. The quantitative estimate of drug-likeness (QED) is 0.156. The number of rotatable bonds is 7. The zero-order valence-electron chi connectivity index (χ0n) is 33.1. The molecule has 0 amide bonds. The van der Waals surface area contributed by atoms with Crippen molar-refractivity contribution in [2.45, 2.75) is 19.3 Å². The monoisotopic (exact) mass is 771 g/mol. The Hall–Kier alpha value is -7.00. The van der Waals surface area contributed by atoms with Crippen LogP contribution >= 0.6 is 11.3 Å². The summed E-state index contributed by atoms with van der Waals surface area (Å²) in [5.74, 6) is 0. The Bertz CT molecular complexity index is 3170. The lowest BCUT2D eigenvalue weighted by atomic mass is 9.81. The number of fused-ring (bicyclic) bond motifs is 6. The molecular formula is C57H41NS. The fourth-order valence-electron chi connectivity index (χ4n) is 9.18. The van der Waals surface area contributed by atoms with Crippen LogP contribution in [-0.2, 0) is 5.41 Å². The van der Waals surface area contributed by atoms with Crippen LogP contribution in [0.2, 0.25) is 0 Å². The highest BCUT2D eigenvalue weighted by Crippen LogP contribution is 2.51. The molecule has 0 saturated heterocycles. The maximum absolute atomic E-state index is 2.41. The van der Waals surface area contributed by atoms with Gasteiger partial charge in [-0.05, 0) is 133 Å².